The Morgan fingerprint density at radius 1 is 1.17 bits per heavy atom. The zero-order valence-corrected chi connectivity index (χ0v) is 13.1. The van der Waals surface area contributed by atoms with Crippen molar-refractivity contribution in [1.29, 1.82) is 0 Å². The normalized spacial score (nSPS) is 10.5. The molecular formula is C17H16N4O3. The van der Waals surface area contributed by atoms with Gasteiger partial charge in [0.25, 0.3) is 5.56 Å². The van der Waals surface area contributed by atoms with Gasteiger partial charge < -0.3 is 14.3 Å². The molecule has 0 aliphatic rings. The van der Waals surface area contributed by atoms with Crippen molar-refractivity contribution in [2.45, 2.75) is 19.9 Å². The summed E-state index contributed by atoms with van der Waals surface area (Å²) in [5, 5.41) is 10.6. The van der Waals surface area contributed by atoms with Crippen LogP contribution in [0.2, 0.25) is 0 Å². The molecule has 2 heterocycles. The summed E-state index contributed by atoms with van der Waals surface area (Å²) in [7, 11) is 0. The molecule has 122 valence electrons. The van der Waals surface area contributed by atoms with Crippen LogP contribution in [0.4, 0.5) is 5.69 Å². The quantitative estimate of drug-likeness (QED) is 0.776. The largest absolute Gasteiger partial charge is 0.421 e. The Morgan fingerprint density at radius 2 is 1.96 bits per heavy atom. The molecule has 0 aliphatic heterocycles. The van der Waals surface area contributed by atoms with Gasteiger partial charge in [0.05, 0.1) is 5.56 Å². The van der Waals surface area contributed by atoms with Gasteiger partial charge in [0.2, 0.25) is 17.7 Å². The molecule has 3 aromatic rings. The van der Waals surface area contributed by atoms with E-state index in [4.69, 9.17) is 4.42 Å². The lowest BCUT2D eigenvalue weighted by molar-refractivity contribution is -0.116. The van der Waals surface area contributed by atoms with Gasteiger partial charge >= 0.3 is 0 Å². The van der Waals surface area contributed by atoms with Crippen molar-refractivity contribution in [3.05, 3.63) is 64.9 Å². The van der Waals surface area contributed by atoms with Crippen LogP contribution < -0.4 is 10.9 Å². The van der Waals surface area contributed by atoms with Gasteiger partial charge in [0, 0.05) is 24.4 Å². The highest BCUT2D eigenvalue weighted by atomic mass is 16.4. The van der Waals surface area contributed by atoms with E-state index in [2.05, 4.69) is 15.5 Å². The number of hydrogen-bond acceptors (Lipinski definition) is 5. The van der Waals surface area contributed by atoms with E-state index in [1.54, 1.807) is 24.4 Å². The van der Waals surface area contributed by atoms with E-state index in [0.29, 0.717) is 29.5 Å². The lowest BCUT2D eigenvalue weighted by atomic mass is 10.3. The minimum absolute atomic E-state index is 0.101. The third-order valence-corrected chi connectivity index (χ3v) is 3.37. The third-order valence-electron chi connectivity index (χ3n) is 3.37. The van der Waals surface area contributed by atoms with Crippen LogP contribution in [0.25, 0.3) is 11.5 Å². The van der Waals surface area contributed by atoms with Crippen molar-refractivity contribution in [2.75, 3.05) is 5.32 Å². The topological polar surface area (TPSA) is 90.0 Å². The molecule has 0 unspecified atom stereocenters. The lowest BCUT2D eigenvalue weighted by Crippen LogP contribution is -2.26. The van der Waals surface area contributed by atoms with Gasteiger partial charge in [-0.15, -0.1) is 10.2 Å². The monoisotopic (exact) mass is 324 g/mol. The molecule has 7 heteroatoms. The van der Waals surface area contributed by atoms with Crippen LogP contribution in [-0.4, -0.2) is 20.7 Å². The Labute approximate surface area is 138 Å². The molecule has 0 saturated heterocycles. The van der Waals surface area contributed by atoms with Crippen molar-refractivity contribution < 1.29 is 9.21 Å². The second-order valence-corrected chi connectivity index (χ2v) is 5.15. The number of carbonyl (C=O) groups excluding carboxylic acids is 1. The second kappa shape index (κ2) is 6.91. The van der Waals surface area contributed by atoms with Crippen LogP contribution in [0.3, 0.4) is 0 Å². The van der Waals surface area contributed by atoms with Gasteiger partial charge in [-0.05, 0) is 18.2 Å². The van der Waals surface area contributed by atoms with E-state index < -0.39 is 0 Å². The molecule has 0 radical (unpaired) electrons. The highest BCUT2D eigenvalue weighted by molar-refractivity contribution is 5.90. The van der Waals surface area contributed by atoms with Gasteiger partial charge in [0.15, 0.2) is 0 Å². The number of rotatable bonds is 5. The number of amides is 1. The average Bonchev–Trinajstić information content (AvgIpc) is 3.07. The van der Waals surface area contributed by atoms with Gasteiger partial charge in [0.1, 0.15) is 6.54 Å². The number of aromatic nitrogens is 3. The summed E-state index contributed by atoms with van der Waals surface area (Å²) in [5.41, 5.74) is 0.989. The summed E-state index contributed by atoms with van der Waals surface area (Å²) in [6.07, 6.45) is 2.17. The number of hydrogen-bond donors (Lipinski definition) is 1. The van der Waals surface area contributed by atoms with Crippen molar-refractivity contribution >= 4 is 11.6 Å². The summed E-state index contributed by atoms with van der Waals surface area (Å²) in [6, 6.07) is 12.0. The van der Waals surface area contributed by atoms with Gasteiger partial charge in [-0.1, -0.05) is 25.1 Å². The smallest absolute Gasteiger partial charge is 0.251 e. The molecule has 2 aromatic heterocycles. The molecule has 0 aliphatic carbocycles. The average molecular weight is 324 g/mol. The van der Waals surface area contributed by atoms with Crippen LogP contribution in [0, 0.1) is 0 Å². The van der Waals surface area contributed by atoms with Crippen LogP contribution >= 0.6 is 0 Å². The number of anilines is 1. The molecular weight excluding hydrogens is 308 g/mol. The summed E-state index contributed by atoms with van der Waals surface area (Å²) < 4.78 is 6.79. The lowest BCUT2D eigenvalue weighted by Gasteiger charge is -2.08. The van der Waals surface area contributed by atoms with Crippen LogP contribution in [0.1, 0.15) is 12.8 Å². The standard InChI is InChI=1S/C17H16N4O3/c1-2-15-19-20-17(24-15)12-8-9-16(23)21(10-12)11-14(22)18-13-6-4-3-5-7-13/h3-10H,2,11H2,1H3,(H,18,22). The van der Waals surface area contributed by atoms with Crippen molar-refractivity contribution in [3.8, 4) is 11.5 Å². The minimum Gasteiger partial charge on any atom is -0.421 e. The highest BCUT2D eigenvalue weighted by Gasteiger charge is 2.11. The van der Waals surface area contributed by atoms with E-state index in [-0.39, 0.29) is 18.0 Å². The number of pyridine rings is 1. The van der Waals surface area contributed by atoms with Crippen molar-refractivity contribution in [3.63, 3.8) is 0 Å². The van der Waals surface area contributed by atoms with Crippen molar-refractivity contribution in [1.82, 2.24) is 14.8 Å². The molecule has 3 rings (SSSR count). The fourth-order valence-corrected chi connectivity index (χ4v) is 2.17. The number of nitrogens with zero attached hydrogens (tertiary/aromatic N) is 3. The fourth-order valence-electron chi connectivity index (χ4n) is 2.17. The number of aryl methyl sites for hydroxylation is 1. The number of para-hydroxylation sites is 1. The molecule has 7 nitrogen and oxygen atoms in total. The Kier molecular flexibility index (Phi) is 4.51. The molecule has 0 bridgehead atoms. The summed E-state index contributed by atoms with van der Waals surface area (Å²) in [4.78, 5) is 24.1. The number of nitrogens with one attached hydrogen (secondary N) is 1. The molecule has 1 N–H and O–H groups in total. The predicted molar refractivity (Wildman–Crippen MR) is 88.4 cm³/mol. The first-order chi connectivity index (χ1) is 11.7. The van der Waals surface area contributed by atoms with Gasteiger partial charge in [-0.25, -0.2) is 0 Å². The molecule has 0 saturated carbocycles. The van der Waals surface area contributed by atoms with E-state index in [0.717, 1.165) is 0 Å². The minimum atomic E-state index is -0.291. The predicted octanol–water partition coefficient (Wildman–Crippen LogP) is 2.10. The highest BCUT2D eigenvalue weighted by Crippen LogP contribution is 2.16. The Morgan fingerprint density at radius 3 is 2.67 bits per heavy atom. The van der Waals surface area contributed by atoms with E-state index in [1.807, 2.05) is 25.1 Å². The number of benzene rings is 1. The maximum absolute atomic E-state index is 12.1. The Bertz CT molecular complexity index is 899. The third kappa shape index (κ3) is 3.57. The maximum Gasteiger partial charge on any atom is 0.251 e. The maximum atomic E-state index is 12.1. The summed E-state index contributed by atoms with van der Waals surface area (Å²) in [6.45, 7) is 1.81. The van der Waals surface area contributed by atoms with Crippen LogP contribution in [0.15, 0.2) is 57.9 Å². The summed E-state index contributed by atoms with van der Waals surface area (Å²) >= 11 is 0. The summed E-state index contributed by atoms with van der Waals surface area (Å²) in [5.74, 6) is 0.550. The molecule has 0 spiro atoms. The molecule has 1 aromatic carbocycles. The molecule has 0 atom stereocenters. The number of carbonyl (C=O) groups is 1. The zero-order chi connectivity index (χ0) is 16.9. The van der Waals surface area contributed by atoms with Gasteiger partial charge in [-0.3, -0.25) is 9.59 Å². The Balaban J connectivity index is 1.79. The second-order valence-electron chi connectivity index (χ2n) is 5.15. The first-order valence-electron chi connectivity index (χ1n) is 7.54. The zero-order valence-electron chi connectivity index (χ0n) is 13.1. The Hall–Kier alpha value is -3.22. The van der Waals surface area contributed by atoms with E-state index in [1.165, 1.54) is 10.6 Å². The fraction of sp³-hybridized carbons (Fsp3) is 0.176. The van der Waals surface area contributed by atoms with E-state index >= 15 is 0 Å². The molecule has 1 amide bonds. The van der Waals surface area contributed by atoms with Crippen LogP contribution in [0.5, 0.6) is 0 Å². The molecule has 0 fully saturated rings. The van der Waals surface area contributed by atoms with E-state index in [9.17, 15) is 9.59 Å². The van der Waals surface area contributed by atoms with Crippen molar-refractivity contribution in [2.24, 2.45) is 0 Å². The molecule has 24 heavy (non-hydrogen) atoms. The SMILES string of the molecule is CCc1nnc(-c2ccc(=O)n(CC(=O)Nc3ccccc3)c2)o1. The van der Waals surface area contributed by atoms with Crippen LogP contribution in [-0.2, 0) is 17.8 Å². The van der Waals surface area contributed by atoms with Gasteiger partial charge in [-0.2, -0.15) is 0 Å². The first-order valence-corrected chi connectivity index (χ1v) is 7.54. The first kappa shape index (κ1) is 15.7.